The van der Waals surface area contributed by atoms with Gasteiger partial charge >= 0.3 is 5.97 Å². The summed E-state index contributed by atoms with van der Waals surface area (Å²) in [6.07, 6.45) is 3.82. The summed E-state index contributed by atoms with van der Waals surface area (Å²) in [5.41, 5.74) is 0.854. The maximum absolute atomic E-state index is 11.9. The highest BCUT2D eigenvalue weighted by atomic mass is 35.5. The van der Waals surface area contributed by atoms with Gasteiger partial charge in [0.25, 0.3) is 0 Å². The fourth-order valence-corrected chi connectivity index (χ4v) is 1.87. The number of nitrogens with one attached hydrogen (secondary N) is 1. The number of esters is 1. The number of halogens is 1. The van der Waals surface area contributed by atoms with E-state index in [1.807, 2.05) is 13.8 Å². The van der Waals surface area contributed by atoms with Crippen molar-refractivity contribution in [3.05, 3.63) is 40.9 Å². The van der Waals surface area contributed by atoms with Gasteiger partial charge in [0.1, 0.15) is 6.04 Å². The molecule has 0 saturated carbocycles. The third-order valence-electron chi connectivity index (χ3n) is 3.26. The van der Waals surface area contributed by atoms with Crippen LogP contribution in [0, 0.1) is 5.92 Å². The van der Waals surface area contributed by atoms with E-state index in [9.17, 15) is 9.59 Å². The third kappa shape index (κ3) is 5.60. The summed E-state index contributed by atoms with van der Waals surface area (Å²) in [7, 11) is 1.31. The summed E-state index contributed by atoms with van der Waals surface area (Å²) in [6.45, 7) is 3.85. The Morgan fingerprint density at radius 1 is 1.33 bits per heavy atom. The molecule has 4 nitrogen and oxygen atoms in total. The predicted molar refractivity (Wildman–Crippen MR) is 83.9 cm³/mol. The van der Waals surface area contributed by atoms with Crippen LogP contribution < -0.4 is 5.32 Å². The Morgan fingerprint density at radius 3 is 2.48 bits per heavy atom. The van der Waals surface area contributed by atoms with Crippen LogP contribution in [0.3, 0.4) is 0 Å². The quantitative estimate of drug-likeness (QED) is 0.649. The minimum absolute atomic E-state index is 0.00494. The van der Waals surface area contributed by atoms with Crippen molar-refractivity contribution in [1.82, 2.24) is 5.32 Å². The molecule has 0 unspecified atom stereocenters. The Bertz CT molecular complexity index is 511. The first-order chi connectivity index (χ1) is 9.97. The summed E-state index contributed by atoms with van der Waals surface area (Å²) in [5, 5.41) is 3.31. The molecular formula is C16H20ClNO3. The summed E-state index contributed by atoms with van der Waals surface area (Å²) in [5.74, 6) is -0.761. The van der Waals surface area contributed by atoms with Gasteiger partial charge in [-0.15, -0.1) is 0 Å². The van der Waals surface area contributed by atoms with Gasteiger partial charge in [0.05, 0.1) is 7.11 Å². The summed E-state index contributed by atoms with van der Waals surface area (Å²) in [4.78, 5) is 23.6. The zero-order chi connectivity index (χ0) is 15.8. The van der Waals surface area contributed by atoms with Gasteiger partial charge < -0.3 is 10.1 Å². The average Bonchev–Trinajstić information content (AvgIpc) is 2.50. The first-order valence-electron chi connectivity index (χ1n) is 6.80. The van der Waals surface area contributed by atoms with Gasteiger partial charge in [-0.25, -0.2) is 4.79 Å². The zero-order valence-corrected chi connectivity index (χ0v) is 13.2. The van der Waals surface area contributed by atoms with Gasteiger partial charge in [0, 0.05) is 11.1 Å². The van der Waals surface area contributed by atoms with E-state index in [2.05, 4.69) is 5.32 Å². The predicted octanol–water partition coefficient (Wildman–Crippen LogP) is 3.06. The number of benzene rings is 1. The van der Waals surface area contributed by atoms with E-state index in [1.165, 1.54) is 13.2 Å². The molecule has 1 amide bonds. The molecule has 1 rings (SSSR count). The molecule has 0 radical (unpaired) electrons. The van der Waals surface area contributed by atoms with Gasteiger partial charge in [-0.3, -0.25) is 4.79 Å². The second-order valence-corrected chi connectivity index (χ2v) is 5.22. The Kier molecular flexibility index (Phi) is 6.96. The lowest BCUT2D eigenvalue weighted by Crippen LogP contribution is -2.45. The van der Waals surface area contributed by atoms with E-state index in [0.717, 1.165) is 12.0 Å². The number of amides is 1. The van der Waals surface area contributed by atoms with Crippen molar-refractivity contribution in [3.63, 3.8) is 0 Å². The molecule has 5 heteroatoms. The van der Waals surface area contributed by atoms with Gasteiger partial charge in [0.2, 0.25) is 5.91 Å². The number of carbonyl (C=O) groups excluding carboxylic acids is 2. The Balaban J connectivity index is 2.69. The highest BCUT2D eigenvalue weighted by Crippen LogP contribution is 2.11. The van der Waals surface area contributed by atoms with Crippen LogP contribution >= 0.6 is 11.6 Å². The van der Waals surface area contributed by atoms with Crippen molar-refractivity contribution in [2.75, 3.05) is 7.11 Å². The van der Waals surface area contributed by atoms with Crippen LogP contribution in [0.2, 0.25) is 5.02 Å². The number of carbonyl (C=O) groups is 2. The van der Waals surface area contributed by atoms with Crippen LogP contribution in [0.15, 0.2) is 30.3 Å². The van der Waals surface area contributed by atoms with E-state index < -0.39 is 12.0 Å². The van der Waals surface area contributed by atoms with Crippen LogP contribution in [0.1, 0.15) is 25.8 Å². The molecule has 0 spiro atoms. The van der Waals surface area contributed by atoms with E-state index >= 15 is 0 Å². The lowest BCUT2D eigenvalue weighted by Gasteiger charge is -2.20. The van der Waals surface area contributed by atoms with Crippen LogP contribution in [0.5, 0.6) is 0 Å². The number of hydrogen-bond donors (Lipinski definition) is 1. The number of hydrogen-bond acceptors (Lipinski definition) is 3. The molecule has 0 aliphatic rings. The first kappa shape index (κ1) is 17.2. The van der Waals surface area contributed by atoms with E-state index in [-0.39, 0.29) is 11.8 Å². The minimum Gasteiger partial charge on any atom is -0.467 e. The molecule has 0 heterocycles. The second-order valence-electron chi connectivity index (χ2n) is 4.78. The summed E-state index contributed by atoms with van der Waals surface area (Å²) >= 11 is 5.79. The largest absolute Gasteiger partial charge is 0.467 e. The summed E-state index contributed by atoms with van der Waals surface area (Å²) < 4.78 is 4.72. The minimum atomic E-state index is -0.637. The topological polar surface area (TPSA) is 55.4 Å². The summed E-state index contributed by atoms with van der Waals surface area (Å²) in [6, 6.07) is 6.46. The molecule has 0 aromatic heterocycles. The molecule has 1 aromatic carbocycles. The van der Waals surface area contributed by atoms with Crippen molar-refractivity contribution in [2.45, 2.75) is 26.3 Å². The van der Waals surface area contributed by atoms with E-state index in [0.29, 0.717) is 5.02 Å². The van der Waals surface area contributed by atoms with Crippen molar-refractivity contribution in [3.8, 4) is 0 Å². The van der Waals surface area contributed by atoms with Crippen molar-refractivity contribution in [2.24, 2.45) is 5.92 Å². The van der Waals surface area contributed by atoms with Gasteiger partial charge in [-0.05, 0) is 29.7 Å². The average molecular weight is 310 g/mol. The number of rotatable bonds is 6. The zero-order valence-electron chi connectivity index (χ0n) is 12.4. The van der Waals surface area contributed by atoms with Gasteiger partial charge in [-0.1, -0.05) is 44.0 Å². The number of methoxy groups -OCH3 is 1. The molecule has 0 fully saturated rings. The Morgan fingerprint density at radius 2 is 1.95 bits per heavy atom. The molecule has 0 saturated heterocycles. The lowest BCUT2D eigenvalue weighted by atomic mass is 9.99. The number of ether oxygens (including phenoxy) is 1. The van der Waals surface area contributed by atoms with Crippen molar-refractivity contribution >= 4 is 29.6 Å². The van der Waals surface area contributed by atoms with Gasteiger partial charge in [0.15, 0.2) is 0 Å². The maximum Gasteiger partial charge on any atom is 0.328 e. The van der Waals surface area contributed by atoms with Crippen LogP contribution in [-0.4, -0.2) is 25.0 Å². The normalized spacial score (nSPS) is 13.7. The molecule has 114 valence electrons. The van der Waals surface area contributed by atoms with Crippen molar-refractivity contribution < 1.29 is 14.3 Å². The molecule has 0 aliphatic heterocycles. The monoisotopic (exact) mass is 309 g/mol. The fraction of sp³-hybridized carbons (Fsp3) is 0.375. The lowest BCUT2D eigenvalue weighted by molar-refractivity contribution is -0.146. The molecule has 21 heavy (non-hydrogen) atoms. The first-order valence-corrected chi connectivity index (χ1v) is 7.17. The Labute approximate surface area is 130 Å². The molecule has 2 atom stereocenters. The highest BCUT2D eigenvalue weighted by Gasteiger charge is 2.25. The van der Waals surface area contributed by atoms with Crippen LogP contribution in [0.4, 0.5) is 0 Å². The highest BCUT2D eigenvalue weighted by molar-refractivity contribution is 6.30. The molecule has 0 aliphatic carbocycles. The molecule has 1 N–H and O–H groups in total. The molecule has 0 bridgehead atoms. The van der Waals surface area contributed by atoms with Crippen molar-refractivity contribution in [1.29, 1.82) is 0 Å². The van der Waals surface area contributed by atoms with Crippen LogP contribution in [0.25, 0.3) is 6.08 Å². The van der Waals surface area contributed by atoms with E-state index in [1.54, 1.807) is 30.3 Å². The molecular weight excluding hydrogens is 290 g/mol. The standard InChI is InChI=1S/C16H20ClNO3/c1-4-11(2)15(16(20)21-3)18-14(19)10-7-12-5-8-13(17)9-6-12/h5-11,15H,4H2,1-3H3,(H,18,19)/b10-7+/t11-,15-/m0/s1. The van der Waals surface area contributed by atoms with E-state index in [4.69, 9.17) is 16.3 Å². The third-order valence-corrected chi connectivity index (χ3v) is 3.52. The van der Waals surface area contributed by atoms with Crippen LogP contribution in [-0.2, 0) is 14.3 Å². The second kappa shape index (κ2) is 8.47. The SMILES string of the molecule is CC[C@H](C)[C@H](NC(=O)/C=C/c1ccc(Cl)cc1)C(=O)OC. The Hall–Kier alpha value is -1.81. The fourth-order valence-electron chi connectivity index (χ4n) is 1.74. The van der Waals surface area contributed by atoms with Gasteiger partial charge in [-0.2, -0.15) is 0 Å². The molecule has 1 aromatic rings. The smallest absolute Gasteiger partial charge is 0.328 e. The maximum atomic E-state index is 11.9.